The van der Waals surface area contributed by atoms with Crippen LogP contribution in [0.2, 0.25) is 0 Å². The highest BCUT2D eigenvalue weighted by Gasteiger charge is 2.29. The van der Waals surface area contributed by atoms with E-state index in [2.05, 4.69) is 9.97 Å². The van der Waals surface area contributed by atoms with Crippen LogP contribution in [-0.2, 0) is 0 Å². The maximum Gasteiger partial charge on any atom is 0.340 e. The Bertz CT molecular complexity index is 489. The van der Waals surface area contributed by atoms with E-state index >= 15 is 0 Å². The summed E-state index contributed by atoms with van der Waals surface area (Å²) in [6.45, 7) is 3.73. The fourth-order valence-electron chi connectivity index (χ4n) is 1.72. The van der Waals surface area contributed by atoms with Crippen LogP contribution in [0.5, 0.6) is 0 Å². The topological polar surface area (TPSA) is 83.3 Å². The van der Waals surface area contributed by atoms with Gasteiger partial charge in [-0.3, -0.25) is 0 Å². The maximum absolute atomic E-state index is 11.3. The van der Waals surface area contributed by atoms with Gasteiger partial charge in [0.15, 0.2) is 0 Å². The summed E-state index contributed by atoms with van der Waals surface area (Å²) >= 11 is 1.39. The number of carbonyl (C=O) groups is 1. The zero-order chi connectivity index (χ0) is 14.0. The van der Waals surface area contributed by atoms with Crippen molar-refractivity contribution >= 4 is 17.7 Å². The molecule has 2 rings (SSSR count). The van der Waals surface area contributed by atoms with E-state index in [1.54, 1.807) is 6.92 Å². The second kappa shape index (κ2) is 5.88. The first kappa shape index (κ1) is 14.3. The van der Waals surface area contributed by atoms with Gasteiger partial charge in [0.05, 0.1) is 5.69 Å². The molecule has 1 atom stereocenters. The van der Waals surface area contributed by atoms with E-state index in [0.717, 1.165) is 18.7 Å². The van der Waals surface area contributed by atoms with Gasteiger partial charge >= 0.3 is 5.97 Å². The normalized spacial score (nSPS) is 16.4. The van der Waals surface area contributed by atoms with Gasteiger partial charge in [0.25, 0.3) is 0 Å². The first-order chi connectivity index (χ1) is 9.02. The van der Waals surface area contributed by atoms with Crippen LogP contribution in [0.4, 0.5) is 0 Å². The van der Waals surface area contributed by atoms with Gasteiger partial charge in [-0.25, -0.2) is 14.8 Å². The van der Waals surface area contributed by atoms with Crippen LogP contribution in [0.3, 0.4) is 0 Å². The van der Waals surface area contributed by atoms with E-state index < -0.39 is 5.97 Å². The van der Waals surface area contributed by atoms with Crippen molar-refractivity contribution in [2.75, 3.05) is 12.4 Å². The van der Waals surface area contributed by atoms with E-state index in [0.29, 0.717) is 22.4 Å². The number of aromatic nitrogens is 2. The lowest BCUT2D eigenvalue weighted by Gasteiger charge is -2.11. The molecule has 2 N–H and O–H groups in total. The van der Waals surface area contributed by atoms with Gasteiger partial charge in [0.2, 0.25) is 0 Å². The molecule has 0 spiro atoms. The van der Waals surface area contributed by atoms with Crippen molar-refractivity contribution in [2.24, 2.45) is 5.92 Å². The highest BCUT2D eigenvalue weighted by Crippen LogP contribution is 2.39. The minimum Gasteiger partial charge on any atom is -0.478 e. The zero-order valence-corrected chi connectivity index (χ0v) is 11.9. The maximum atomic E-state index is 11.3. The lowest BCUT2D eigenvalue weighted by atomic mass is 10.2. The summed E-state index contributed by atoms with van der Waals surface area (Å²) in [7, 11) is 0. The molecule has 0 aliphatic heterocycles. The van der Waals surface area contributed by atoms with E-state index in [9.17, 15) is 9.90 Å². The fourth-order valence-corrected chi connectivity index (χ4v) is 2.80. The van der Waals surface area contributed by atoms with Crippen molar-refractivity contribution in [1.29, 1.82) is 0 Å². The van der Waals surface area contributed by atoms with Gasteiger partial charge < -0.3 is 10.2 Å². The Morgan fingerprint density at radius 1 is 1.47 bits per heavy atom. The van der Waals surface area contributed by atoms with Crippen molar-refractivity contribution in [3.05, 3.63) is 17.1 Å². The molecule has 1 heterocycles. The minimum atomic E-state index is -0.987. The Morgan fingerprint density at radius 3 is 2.68 bits per heavy atom. The van der Waals surface area contributed by atoms with Crippen LogP contribution in [-0.4, -0.2) is 38.5 Å². The van der Waals surface area contributed by atoms with Crippen molar-refractivity contribution < 1.29 is 15.0 Å². The molecule has 1 aromatic heterocycles. The molecule has 5 nitrogen and oxygen atoms in total. The van der Waals surface area contributed by atoms with Gasteiger partial charge in [-0.2, -0.15) is 0 Å². The average Bonchev–Trinajstić information content (AvgIpc) is 3.18. The number of nitrogens with zero attached hydrogens (tertiary/aromatic N) is 2. The molecule has 6 heteroatoms. The average molecular weight is 282 g/mol. The molecule has 0 amide bonds. The largest absolute Gasteiger partial charge is 0.478 e. The Labute approximate surface area is 116 Å². The number of hydrogen-bond donors (Lipinski definition) is 2. The second-order valence-electron chi connectivity index (χ2n) is 5.03. The highest BCUT2D eigenvalue weighted by molar-refractivity contribution is 7.99. The lowest BCUT2D eigenvalue weighted by Crippen LogP contribution is -2.11. The van der Waals surface area contributed by atoms with Crippen LogP contribution in [0.25, 0.3) is 0 Å². The van der Waals surface area contributed by atoms with Gasteiger partial charge in [-0.1, -0.05) is 6.92 Å². The van der Waals surface area contributed by atoms with Crippen LogP contribution in [0.15, 0.2) is 5.03 Å². The van der Waals surface area contributed by atoms with Crippen LogP contribution in [0.1, 0.15) is 47.6 Å². The molecule has 1 aliphatic rings. The summed E-state index contributed by atoms with van der Waals surface area (Å²) in [4.78, 5) is 20.0. The van der Waals surface area contributed by atoms with Crippen LogP contribution in [0, 0.1) is 12.8 Å². The Hall–Kier alpha value is -1.14. The van der Waals surface area contributed by atoms with E-state index in [4.69, 9.17) is 5.11 Å². The number of carboxylic acid groups (broad SMARTS) is 1. The Kier molecular flexibility index (Phi) is 4.42. The quantitative estimate of drug-likeness (QED) is 0.614. The third-order valence-electron chi connectivity index (χ3n) is 3.05. The number of aromatic carboxylic acids is 1. The van der Waals surface area contributed by atoms with Crippen molar-refractivity contribution in [2.45, 2.75) is 37.6 Å². The molecule has 1 aliphatic carbocycles. The number of carboxylic acids is 1. The van der Waals surface area contributed by atoms with Crippen molar-refractivity contribution in [3.8, 4) is 0 Å². The zero-order valence-electron chi connectivity index (χ0n) is 11.1. The molecular formula is C13H18N2O3S. The molecule has 0 aromatic carbocycles. The SMILES string of the molecule is Cc1nc(C2CC2)nc(SCC(C)CO)c1C(=O)O. The predicted octanol–water partition coefficient (Wildman–Crippen LogP) is 2.08. The monoisotopic (exact) mass is 282 g/mol. The molecule has 1 fully saturated rings. The minimum absolute atomic E-state index is 0.0922. The van der Waals surface area contributed by atoms with E-state index in [1.807, 2.05) is 6.92 Å². The first-order valence-electron chi connectivity index (χ1n) is 6.38. The highest BCUT2D eigenvalue weighted by atomic mass is 32.2. The van der Waals surface area contributed by atoms with Crippen LogP contribution < -0.4 is 0 Å². The van der Waals surface area contributed by atoms with Gasteiger partial charge in [0.1, 0.15) is 16.4 Å². The molecule has 1 saturated carbocycles. The molecule has 0 saturated heterocycles. The molecule has 0 bridgehead atoms. The predicted molar refractivity (Wildman–Crippen MR) is 72.7 cm³/mol. The third-order valence-corrected chi connectivity index (χ3v) is 4.35. The lowest BCUT2D eigenvalue weighted by molar-refractivity contribution is 0.0690. The molecule has 1 aromatic rings. The summed E-state index contributed by atoms with van der Waals surface area (Å²) in [6, 6.07) is 0. The van der Waals surface area contributed by atoms with Crippen LogP contribution >= 0.6 is 11.8 Å². The Balaban J connectivity index is 2.28. The molecule has 0 radical (unpaired) electrons. The van der Waals surface area contributed by atoms with Gasteiger partial charge in [-0.15, -0.1) is 11.8 Å². The summed E-state index contributed by atoms with van der Waals surface area (Å²) < 4.78 is 0. The molecule has 1 unspecified atom stereocenters. The number of aryl methyl sites for hydroxylation is 1. The number of aliphatic hydroxyl groups is 1. The van der Waals surface area contributed by atoms with Crippen molar-refractivity contribution in [1.82, 2.24) is 9.97 Å². The first-order valence-corrected chi connectivity index (χ1v) is 7.37. The second-order valence-corrected chi connectivity index (χ2v) is 6.03. The standard InChI is InChI=1S/C13H18N2O3S/c1-7(5-16)6-19-12-10(13(17)18)8(2)14-11(15-12)9-3-4-9/h7,9,16H,3-6H2,1-2H3,(H,17,18). The third kappa shape index (κ3) is 3.45. The summed E-state index contributed by atoms with van der Waals surface area (Å²) in [6.07, 6.45) is 2.17. The summed E-state index contributed by atoms with van der Waals surface area (Å²) in [5.41, 5.74) is 0.725. The molecular weight excluding hydrogens is 264 g/mol. The number of hydrogen-bond acceptors (Lipinski definition) is 5. The number of aliphatic hydroxyl groups excluding tert-OH is 1. The fraction of sp³-hybridized carbons (Fsp3) is 0.615. The Morgan fingerprint density at radius 2 is 2.16 bits per heavy atom. The van der Waals surface area contributed by atoms with E-state index in [1.165, 1.54) is 11.8 Å². The van der Waals surface area contributed by atoms with Gasteiger partial charge in [-0.05, 0) is 25.7 Å². The summed E-state index contributed by atoms with van der Waals surface area (Å²) in [5, 5.41) is 18.8. The smallest absolute Gasteiger partial charge is 0.340 e. The van der Waals surface area contributed by atoms with E-state index in [-0.39, 0.29) is 18.1 Å². The summed E-state index contributed by atoms with van der Waals surface area (Å²) in [5.74, 6) is 0.945. The molecule has 19 heavy (non-hydrogen) atoms. The number of rotatable bonds is 6. The number of thioether (sulfide) groups is 1. The van der Waals surface area contributed by atoms with Crippen molar-refractivity contribution in [3.63, 3.8) is 0 Å². The molecule has 104 valence electrons. The van der Waals surface area contributed by atoms with Gasteiger partial charge in [0, 0.05) is 18.3 Å².